The zero-order valence-corrected chi connectivity index (χ0v) is 20.7. The molecule has 0 saturated carbocycles. The Hall–Kier alpha value is -2.78. The first-order valence-corrected chi connectivity index (χ1v) is 12.0. The van der Waals surface area contributed by atoms with Crippen molar-refractivity contribution in [2.45, 2.75) is 19.3 Å². The number of amides is 1. The van der Waals surface area contributed by atoms with E-state index in [4.69, 9.17) is 23.2 Å². The van der Waals surface area contributed by atoms with E-state index >= 15 is 0 Å². The van der Waals surface area contributed by atoms with Crippen molar-refractivity contribution in [2.75, 3.05) is 11.6 Å². The Bertz CT molecular complexity index is 1240. The molecule has 1 amide bonds. The minimum absolute atomic E-state index is 0.0724. The van der Waals surface area contributed by atoms with Crippen LogP contribution in [0.3, 0.4) is 0 Å². The molecule has 7 heteroatoms. The van der Waals surface area contributed by atoms with Crippen LogP contribution in [0.25, 0.3) is 5.70 Å². The molecule has 166 valence electrons. The number of benzene rings is 3. The number of halogens is 3. The van der Waals surface area contributed by atoms with Crippen LogP contribution >= 0.6 is 39.1 Å². The van der Waals surface area contributed by atoms with Crippen LogP contribution in [-0.4, -0.2) is 17.5 Å². The van der Waals surface area contributed by atoms with Crippen LogP contribution in [0.2, 0.25) is 10.0 Å². The van der Waals surface area contributed by atoms with Gasteiger partial charge in [0.05, 0.1) is 34.6 Å². The Morgan fingerprint density at radius 1 is 1.03 bits per heavy atom. The van der Waals surface area contributed by atoms with E-state index in [1.807, 2.05) is 42.5 Å². The zero-order chi connectivity index (χ0) is 23.4. The lowest BCUT2D eigenvalue weighted by atomic mass is 10.1. The van der Waals surface area contributed by atoms with Gasteiger partial charge in [-0.3, -0.25) is 4.79 Å². The van der Waals surface area contributed by atoms with Crippen molar-refractivity contribution in [3.8, 4) is 6.07 Å². The standard InChI is InChI=1S/C26H20BrCl2N3O/c27-21-11-9-19(10-12-21)26-20(16-30)17-31(32(26)24-14-13-22(28)15-23(24)29)25(33)8-4-7-18-5-2-1-3-6-18/h1-3,5-6,9-15H,4,7-8,17H2. The van der Waals surface area contributed by atoms with E-state index in [1.54, 1.807) is 28.2 Å². The second kappa shape index (κ2) is 10.4. The summed E-state index contributed by atoms with van der Waals surface area (Å²) in [6, 6.07) is 25.1. The fraction of sp³-hybridized carbons (Fsp3) is 0.154. The van der Waals surface area contributed by atoms with Gasteiger partial charge in [-0.25, -0.2) is 10.0 Å². The molecule has 0 aliphatic carbocycles. The molecule has 3 aromatic rings. The summed E-state index contributed by atoms with van der Waals surface area (Å²) in [5.41, 5.74) is 3.75. The van der Waals surface area contributed by atoms with Gasteiger partial charge >= 0.3 is 0 Å². The molecule has 0 fully saturated rings. The molecule has 0 aromatic heterocycles. The first-order chi connectivity index (χ1) is 16.0. The van der Waals surface area contributed by atoms with Gasteiger partial charge in [-0.15, -0.1) is 0 Å². The van der Waals surface area contributed by atoms with Crippen LogP contribution in [0.15, 0.2) is 82.8 Å². The summed E-state index contributed by atoms with van der Waals surface area (Å²) in [5, 5.41) is 14.2. The number of aryl methyl sites for hydroxylation is 1. The third kappa shape index (κ3) is 5.25. The molecule has 33 heavy (non-hydrogen) atoms. The van der Waals surface area contributed by atoms with Gasteiger partial charge in [0.2, 0.25) is 5.91 Å². The van der Waals surface area contributed by atoms with Gasteiger partial charge in [-0.1, -0.05) is 81.6 Å². The van der Waals surface area contributed by atoms with Crippen molar-refractivity contribution in [1.82, 2.24) is 5.01 Å². The quantitative estimate of drug-likeness (QED) is 0.330. The number of nitrogens with zero attached hydrogens (tertiary/aromatic N) is 3. The SMILES string of the molecule is N#CC1=C(c2ccc(Br)cc2)N(c2ccc(Cl)cc2Cl)N(C(=O)CCCc2ccccc2)C1. The number of carbonyl (C=O) groups excluding carboxylic acids is 1. The van der Waals surface area contributed by atoms with Gasteiger partial charge in [0.1, 0.15) is 0 Å². The number of hydrogen-bond donors (Lipinski definition) is 0. The predicted molar refractivity (Wildman–Crippen MR) is 137 cm³/mol. The van der Waals surface area contributed by atoms with Gasteiger partial charge in [-0.2, -0.15) is 5.26 Å². The highest BCUT2D eigenvalue weighted by Gasteiger charge is 2.36. The smallest absolute Gasteiger partial charge is 0.241 e. The summed E-state index contributed by atoms with van der Waals surface area (Å²) >= 11 is 16.1. The van der Waals surface area contributed by atoms with Crippen LogP contribution in [0.4, 0.5) is 5.69 Å². The number of nitriles is 1. The van der Waals surface area contributed by atoms with E-state index in [0.29, 0.717) is 39.8 Å². The summed E-state index contributed by atoms with van der Waals surface area (Å²) < 4.78 is 0.924. The van der Waals surface area contributed by atoms with Crippen LogP contribution in [-0.2, 0) is 11.2 Å². The van der Waals surface area contributed by atoms with Crippen molar-refractivity contribution in [2.24, 2.45) is 0 Å². The minimum atomic E-state index is -0.0724. The topological polar surface area (TPSA) is 47.3 Å². The molecule has 3 aromatic carbocycles. The zero-order valence-electron chi connectivity index (χ0n) is 17.6. The molecule has 0 atom stereocenters. The van der Waals surface area contributed by atoms with Crippen LogP contribution in [0.1, 0.15) is 24.0 Å². The molecule has 1 heterocycles. The maximum atomic E-state index is 13.4. The number of carbonyl (C=O) groups is 1. The molecule has 1 aliphatic rings. The molecule has 4 nitrogen and oxygen atoms in total. The lowest BCUT2D eigenvalue weighted by Crippen LogP contribution is -2.42. The Kier molecular flexibility index (Phi) is 7.39. The van der Waals surface area contributed by atoms with Gasteiger partial charge in [-0.05, 0) is 48.7 Å². The first-order valence-electron chi connectivity index (χ1n) is 10.5. The maximum absolute atomic E-state index is 13.4. The van der Waals surface area contributed by atoms with Gasteiger partial charge in [0.25, 0.3) is 0 Å². The van der Waals surface area contributed by atoms with Crippen LogP contribution < -0.4 is 5.01 Å². The maximum Gasteiger partial charge on any atom is 0.241 e. The van der Waals surface area contributed by atoms with Crippen molar-refractivity contribution < 1.29 is 4.79 Å². The molecule has 0 saturated heterocycles. The summed E-state index contributed by atoms with van der Waals surface area (Å²) in [7, 11) is 0. The average Bonchev–Trinajstić information content (AvgIpc) is 3.20. The largest absolute Gasteiger partial charge is 0.273 e. The van der Waals surface area contributed by atoms with Gasteiger partial charge < -0.3 is 0 Å². The molecule has 0 radical (unpaired) electrons. The summed E-state index contributed by atoms with van der Waals surface area (Å²) in [4.78, 5) is 13.4. The van der Waals surface area contributed by atoms with Gasteiger partial charge in [0.15, 0.2) is 0 Å². The second-order valence-corrected chi connectivity index (χ2v) is 9.40. The molecule has 1 aliphatic heterocycles. The number of rotatable bonds is 6. The van der Waals surface area contributed by atoms with E-state index < -0.39 is 0 Å². The fourth-order valence-corrected chi connectivity index (χ4v) is 4.61. The highest BCUT2D eigenvalue weighted by Crippen LogP contribution is 2.40. The van der Waals surface area contributed by atoms with Crippen LogP contribution in [0.5, 0.6) is 0 Å². The van der Waals surface area contributed by atoms with E-state index in [2.05, 4.69) is 34.1 Å². The minimum Gasteiger partial charge on any atom is -0.273 e. The number of anilines is 1. The summed E-state index contributed by atoms with van der Waals surface area (Å²) in [6.45, 7) is 0.186. The highest BCUT2D eigenvalue weighted by molar-refractivity contribution is 9.10. The summed E-state index contributed by atoms with van der Waals surface area (Å²) in [5.74, 6) is -0.0724. The third-order valence-electron chi connectivity index (χ3n) is 5.42. The molecule has 0 bridgehead atoms. The lowest BCUT2D eigenvalue weighted by molar-refractivity contribution is -0.130. The Morgan fingerprint density at radius 2 is 1.76 bits per heavy atom. The van der Waals surface area contributed by atoms with Crippen LogP contribution in [0, 0.1) is 11.3 Å². The van der Waals surface area contributed by atoms with Gasteiger partial charge in [0, 0.05) is 21.5 Å². The van der Waals surface area contributed by atoms with E-state index in [1.165, 1.54) is 5.56 Å². The number of hydrazine groups is 1. The first kappa shape index (κ1) is 23.4. The Balaban J connectivity index is 1.67. The molecule has 0 unspecified atom stereocenters. The third-order valence-corrected chi connectivity index (χ3v) is 6.49. The molecular formula is C26H20BrCl2N3O. The van der Waals surface area contributed by atoms with E-state index in [9.17, 15) is 10.1 Å². The molecule has 0 N–H and O–H groups in total. The van der Waals surface area contributed by atoms with Crippen molar-refractivity contribution in [3.63, 3.8) is 0 Å². The van der Waals surface area contributed by atoms with Crippen molar-refractivity contribution in [3.05, 3.63) is 104 Å². The molecule has 0 spiro atoms. The number of hydrogen-bond acceptors (Lipinski definition) is 3. The lowest BCUT2D eigenvalue weighted by Gasteiger charge is -2.33. The Labute approximate surface area is 211 Å². The van der Waals surface area contributed by atoms with E-state index in [0.717, 1.165) is 16.5 Å². The van der Waals surface area contributed by atoms with Crippen molar-refractivity contribution >= 4 is 56.4 Å². The predicted octanol–water partition coefficient (Wildman–Crippen LogP) is 7.28. The highest BCUT2D eigenvalue weighted by atomic mass is 79.9. The summed E-state index contributed by atoms with van der Waals surface area (Å²) in [6.07, 6.45) is 1.86. The Morgan fingerprint density at radius 3 is 2.42 bits per heavy atom. The fourth-order valence-electron chi connectivity index (χ4n) is 3.86. The van der Waals surface area contributed by atoms with Crippen molar-refractivity contribution in [1.29, 1.82) is 5.26 Å². The average molecular weight is 541 g/mol. The monoisotopic (exact) mass is 539 g/mol. The normalized spacial score (nSPS) is 13.4. The molecule has 4 rings (SSSR count). The second-order valence-electron chi connectivity index (χ2n) is 7.64. The molecular weight excluding hydrogens is 521 g/mol. The van der Waals surface area contributed by atoms with E-state index in [-0.39, 0.29) is 12.5 Å².